The van der Waals surface area contributed by atoms with Crippen LogP contribution in [0.2, 0.25) is 10.0 Å². The van der Waals surface area contributed by atoms with Crippen LogP contribution in [0.15, 0.2) is 42.5 Å². The van der Waals surface area contributed by atoms with Gasteiger partial charge in [0.2, 0.25) is 0 Å². The minimum Gasteiger partial charge on any atom is -0.493 e. The lowest BCUT2D eigenvalue weighted by Gasteiger charge is -2.10. The molecule has 1 N–H and O–H groups in total. The fourth-order valence-electron chi connectivity index (χ4n) is 2.05. The quantitative estimate of drug-likeness (QED) is 0.523. The molecule has 2 rings (SSSR count). The molecule has 27 heavy (non-hydrogen) atoms. The van der Waals surface area contributed by atoms with Crippen molar-refractivity contribution in [1.82, 2.24) is 0 Å². The van der Waals surface area contributed by atoms with Crippen molar-refractivity contribution in [1.29, 1.82) is 0 Å². The number of nitrogens with one attached hydrogen (secondary N) is 1. The Bertz CT molecular complexity index is 816. The molecular formula is C19H17Cl2NO5. The van der Waals surface area contributed by atoms with Gasteiger partial charge in [0.25, 0.3) is 5.91 Å². The monoisotopic (exact) mass is 409 g/mol. The van der Waals surface area contributed by atoms with Crippen molar-refractivity contribution in [3.63, 3.8) is 0 Å². The smallest absolute Gasteiger partial charge is 0.309 e. The zero-order chi connectivity index (χ0) is 19.8. The van der Waals surface area contributed by atoms with Gasteiger partial charge < -0.3 is 14.8 Å². The summed E-state index contributed by atoms with van der Waals surface area (Å²) in [6.45, 7) is 1.09. The number of carbonyl (C=O) groups is 3. The number of hydrogen-bond donors (Lipinski definition) is 1. The number of hydrogen-bond acceptors (Lipinski definition) is 5. The number of benzene rings is 2. The third-order valence-corrected chi connectivity index (χ3v) is 4.06. The fourth-order valence-corrected chi connectivity index (χ4v) is 2.54. The second kappa shape index (κ2) is 9.94. The number of rotatable bonds is 8. The Labute approximate surface area is 166 Å². The minimum absolute atomic E-state index is 0.0331. The highest BCUT2D eigenvalue weighted by Crippen LogP contribution is 2.29. The molecule has 142 valence electrons. The van der Waals surface area contributed by atoms with Gasteiger partial charge in [0.15, 0.2) is 12.4 Å². The zero-order valence-electron chi connectivity index (χ0n) is 14.5. The molecule has 0 saturated carbocycles. The summed E-state index contributed by atoms with van der Waals surface area (Å²) in [4.78, 5) is 34.7. The highest BCUT2D eigenvalue weighted by molar-refractivity contribution is 6.39. The van der Waals surface area contributed by atoms with Crippen LogP contribution >= 0.6 is 23.2 Å². The van der Waals surface area contributed by atoms with Crippen LogP contribution in [-0.2, 0) is 14.3 Å². The van der Waals surface area contributed by atoms with Crippen LogP contribution in [0.4, 0.5) is 5.69 Å². The van der Waals surface area contributed by atoms with Crippen LogP contribution in [0.5, 0.6) is 5.75 Å². The fraction of sp³-hybridized carbons (Fsp3) is 0.211. The molecule has 2 aromatic rings. The minimum atomic E-state index is -0.587. The molecule has 0 bridgehead atoms. The number of ether oxygens (including phenoxy) is 2. The first-order valence-corrected chi connectivity index (χ1v) is 8.75. The number of amides is 1. The van der Waals surface area contributed by atoms with E-state index in [0.717, 1.165) is 0 Å². The molecular weight excluding hydrogens is 393 g/mol. The third kappa shape index (κ3) is 6.58. The molecule has 2 aromatic carbocycles. The van der Waals surface area contributed by atoms with Gasteiger partial charge in [-0.1, -0.05) is 29.3 Å². The van der Waals surface area contributed by atoms with E-state index >= 15 is 0 Å². The predicted molar refractivity (Wildman–Crippen MR) is 103 cm³/mol. The van der Waals surface area contributed by atoms with Crippen molar-refractivity contribution in [3.05, 3.63) is 58.1 Å². The van der Waals surface area contributed by atoms with Gasteiger partial charge >= 0.3 is 5.97 Å². The molecule has 0 spiro atoms. The van der Waals surface area contributed by atoms with Gasteiger partial charge in [-0.05, 0) is 43.3 Å². The van der Waals surface area contributed by atoms with Crippen molar-refractivity contribution >= 4 is 46.5 Å². The number of anilines is 1. The van der Waals surface area contributed by atoms with Crippen molar-refractivity contribution < 1.29 is 23.9 Å². The first-order chi connectivity index (χ1) is 12.9. The molecule has 0 atom stereocenters. The van der Waals surface area contributed by atoms with E-state index in [0.29, 0.717) is 11.3 Å². The first-order valence-electron chi connectivity index (χ1n) is 8.00. The van der Waals surface area contributed by atoms with Crippen LogP contribution < -0.4 is 10.1 Å². The van der Waals surface area contributed by atoms with E-state index in [2.05, 4.69) is 5.32 Å². The van der Waals surface area contributed by atoms with E-state index < -0.39 is 18.5 Å². The maximum Gasteiger partial charge on any atom is 0.309 e. The normalized spacial score (nSPS) is 10.2. The second-order valence-corrected chi connectivity index (χ2v) is 6.30. The maximum atomic E-state index is 11.8. The number of Topliss-reactive ketones (excluding diaryl/α,β-unsaturated/α-hetero) is 1. The van der Waals surface area contributed by atoms with E-state index in [4.69, 9.17) is 32.7 Å². The van der Waals surface area contributed by atoms with Gasteiger partial charge in [0.05, 0.1) is 28.8 Å². The molecule has 0 aliphatic heterocycles. The molecule has 0 aromatic heterocycles. The third-order valence-electron chi connectivity index (χ3n) is 3.43. The van der Waals surface area contributed by atoms with E-state index in [1.165, 1.54) is 6.92 Å². The molecule has 0 fully saturated rings. The summed E-state index contributed by atoms with van der Waals surface area (Å²) < 4.78 is 10.3. The average molecular weight is 410 g/mol. The predicted octanol–water partition coefficient (Wildman–Crippen LogP) is 4.15. The lowest BCUT2D eigenvalue weighted by molar-refractivity contribution is -0.147. The number of ketones is 1. The van der Waals surface area contributed by atoms with Crippen molar-refractivity contribution in [2.45, 2.75) is 13.3 Å². The lowest BCUT2D eigenvalue weighted by atomic mass is 10.1. The Morgan fingerprint density at radius 2 is 1.63 bits per heavy atom. The summed E-state index contributed by atoms with van der Waals surface area (Å²) in [6, 6.07) is 11.4. The largest absolute Gasteiger partial charge is 0.493 e. The number of halogens is 2. The van der Waals surface area contributed by atoms with Crippen molar-refractivity contribution in [3.8, 4) is 5.75 Å². The van der Waals surface area contributed by atoms with Gasteiger partial charge in [-0.3, -0.25) is 14.4 Å². The summed E-state index contributed by atoms with van der Waals surface area (Å²) >= 11 is 11.9. The Kier molecular flexibility index (Phi) is 7.64. The summed E-state index contributed by atoms with van der Waals surface area (Å²) in [5.74, 6) is -0.657. The molecule has 0 radical (unpaired) electrons. The Balaban J connectivity index is 1.71. The van der Waals surface area contributed by atoms with Gasteiger partial charge in [-0.25, -0.2) is 0 Å². The molecule has 0 heterocycles. The van der Waals surface area contributed by atoms with E-state index in [1.54, 1.807) is 42.5 Å². The molecule has 0 aliphatic rings. The van der Waals surface area contributed by atoms with Crippen LogP contribution in [0.3, 0.4) is 0 Å². The zero-order valence-corrected chi connectivity index (χ0v) is 16.0. The van der Waals surface area contributed by atoms with Gasteiger partial charge in [-0.2, -0.15) is 0 Å². The van der Waals surface area contributed by atoms with Gasteiger partial charge in [0.1, 0.15) is 5.75 Å². The summed E-state index contributed by atoms with van der Waals surface area (Å²) in [7, 11) is 0. The van der Waals surface area contributed by atoms with E-state index in [-0.39, 0.29) is 34.5 Å². The molecule has 6 nitrogen and oxygen atoms in total. The number of para-hydroxylation sites is 1. The summed E-state index contributed by atoms with van der Waals surface area (Å²) in [6.07, 6.45) is -0.0331. The Morgan fingerprint density at radius 1 is 1.00 bits per heavy atom. The topological polar surface area (TPSA) is 81.7 Å². The standard InChI is InChI=1S/C19H17Cl2NO5/c1-12(23)13-5-7-14(8-6-13)26-10-9-18(25)27-11-17(24)22-19-15(20)3-2-4-16(19)21/h2-8H,9-11H2,1H3,(H,22,24). The second-order valence-electron chi connectivity index (χ2n) is 5.48. The number of carbonyl (C=O) groups excluding carboxylic acids is 3. The first kappa shape index (κ1) is 20.7. The maximum absolute atomic E-state index is 11.8. The molecule has 0 unspecified atom stereocenters. The van der Waals surface area contributed by atoms with E-state index in [1.807, 2.05) is 0 Å². The molecule has 1 amide bonds. The number of esters is 1. The van der Waals surface area contributed by atoms with Gasteiger partial charge in [0, 0.05) is 5.56 Å². The molecule has 0 saturated heterocycles. The van der Waals surface area contributed by atoms with E-state index in [9.17, 15) is 14.4 Å². The van der Waals surface area contributed by atoms with Crippen molar-refractivity contribution in [2.24, 2.45) is 0 Å². The summed E-state index contributed by atoms with van der Waals surface area (Å²) in [5.41, 5.74) is 0.839. The van der Waals surface area contributed by atoms with Crippen LogP contribution in [-0.4, -0.2) is 30.9 Å². The van der Waals surface area contributed by atoms with Crippen LogP contribution in [0.1, 0.15) is 23.7 Å². The summed E-state index contributed by atoms with van der Waals surface area (Å²) in [5, 5.41) is 3.06. The Morgan fingerprint density at radius 3 is 2.22 bits per heavy atom. The van der Waals surface area contributed by atoms with Crippen LogP contribution in [0.25, 0.3) is 0 Å². The Hall–Kier alpha value is -2.57. The van der Waals surface area contributed by atoms with Gasteiger partial charge in [-0.15, -0.1) is 0 Å². The molecule has 8 heteroatoms. The highest BCUT2D eigenvalue weighted by Gasteiger charge is 2.12. The van der Waals surface area contributed by atoms with Crippen molar-refractivity contribution in [2.75, 3.05) is 18.5 Å². The lowest BCUT2D eigenvalue weighted by Crippen LogP contribution is -2.22. The SMILES string of the molecule is CC(=O)c1ccc(OCCC(=O)OCC(=O)Nc2c(Cl)cccc2Cl)cc1. The molecule has 0 aliphatic carbocycles. The average Bonchev–Trinajstić information content (AvgIpc) is 2.63. The van der Waals surface area contributed by atoms with Crippen LogP contribution in [0, 0.1) is 0 Å². The highest BCUT2D eigenvalue weighted by atomic mass is 35.5.